The van der Waals surface area contributed by atoms with Crippen LogP contribution < -0.4 is 22.6 Å². The van der Waals surface area contributed by atoms with Crippen LogP contribution >= 0.6 is 0 Å². The topological polar surface area (TPSA) is 24.3 Å². The van der Waals surface area contributed by atoms with E-state index < -0.39 is 13.3 Å². The maximum atomic E-state index is 5.13. The van der Waals surface area contributed by atoms with Crippen LogP contribution in [0.4, 0.5) is 5.69 Å². The zero-order chi connectivity index (χ0) is 29.3. The van der Waals surface area contributed by atoms with Crippen LogP contribution in [0.2, 0.25) is 0 Å². The van der Waals surface area contributed by atoms with Gasteiger partial charge in [0, 0.05) is 0 Å². The first-order valence-corrected chi connectivity index (χ1v) is 19.3. The van der Waals surface area contributed by atoms with Crippen LogP contribution in [0.15, 0.2) is 152 Å². The van der Waals surface area contributed by atoms with Crippen LogP contribution in [-0.4, -0.2) is 41.4 Å². The van der Waals surface area contributed by atoms with Crippen molar-refractivity contribution in [2.24, 2.45) is 0 Å². The van der Waals surface area contributed by atoms with E-state index in [4.69, 9.17) is 4.98 Å². The number of fused-ring (bicyclic) bond motifs is 6. The molecule has 0 atom stereocenters. The van der Waals surface area contributed by atoms with Gasteiger partial charge in [0.2, 0.25) is 0 Å². The summed E-state index contributed by atoms with van der Waals surface area (Å²) in [6, 6.07) is 49.6. The Balaban J connectivity index is 1.36. The Kier molecular flexibility index (Phi) is 5.62. The van der Waals surface area contributed by atoms with Gasteiger partial charge in [0.1, 0.15) is 0 Å². The summed E-state index contributed by atoms with van der Waals surface area (Å²) in [7, 11) is 2.11. The molecule has 210 valence electrons. The second kappa shape index (κ2) is 9.73. The van der Waals surface area contributed by atoms with Crippen LogP contribution in [0.1, 0.15) is 0 Å². The van der Waals surface area contributed by atoms with Crippen molar-refractivity contribution in [2.75, 3.05) is 18.6 Å². The predicted octanol–water partition coefficient (Wildman–Crippen LogP) is 5.72. The molecule has 0 radical (unpaired) electrons. The average molecular weight is 627 g/mol. The molecule has 0 fully saturated rings. The molecule has 0 saturated carbocycles. The number of aromatic nitrogens is 2. The van der Waals surface area contributed by atoms with Gasteiger partial charge < -0.3 is 0 Å². The quantitative estimate of drug-likeness (QED) is 0.234. The Hall–Kier alpha value is -5.07. The molecule has 7 aromatic rings. The molecule has 0 spiro atoms. The van der Waals surface area contributed by atoms with E-state index in [2.05, 4.69) is 161 Å². The summed E-state index contributed by atoms with van der Waals surface area (Å²) in [6.45, 7) is 0.847. The van der Waals surface area contributed by atoms with E-state index in [-0.39, 0.29) is 0 Å². The van der Waals surface area contributed by atoms with Crippen molar-refractivity contribution in [1.29, 1.82) is 0 Å². The molecule has 2 aliphatic heterocycles. The van der Waals surface area contributed by atoms with E-state index in [1.54, 1.807) is 0 Å². The molecule has 0 amide bonds. The third-order valence-electron chi connectivity index (χ3n) is 9.40. The number of anilines is 1. The van der Waals surface area contributed by atoms with Gasteiger partial charge in [-0.15, -0.1) is 0 Å². The fourth-order valence-corrected chi connectivity index (χ4v) is 18.0. The van der Waals surface area contributed by atoms with Crippen LogP contribution in [0, 0.1) is 0 Å². The first-order valence-electron chi connectivity index (χ1n) is 15.1. The average Bonchev–Trinajstić information content (AvgIpc) is 3.76. The number of hydrogen-bond donors (Lipinski definition) is 0. The minimum atomic E-state index is -3.46. The number of para-hydroxylation sites is 1. The second-order valence-corrected chi connectivity index (χ2v) is 19.5. The number of pyridine rings is 1. The van der Waals surface area contributed by atoms with E-state index in [0.717, 1.165) is 6.67 Å². The Morgan fingerprint density at radius 2 is 1.30 bits per heavy atom. The molecule has 0 N–H and O–H groups in total. The van der Waals surface area contributed by atoms with E-state index in [0.29, 0.717) is 0 Å². The molecule has 0 unspecified atom stereocenters. The molecule has 9 rings (SSSR count). The minimum absolute atomic E-state index is 0.847. The fraction of sp³-hybridized carbons (Fsp3) is 0.0513. The van der Waals surface area contributed by atoms with Crippen molar-refractivity contribution in [3.8, 4) is 16.8 Å². The summed E-state index contributed by atoms with van der Waals surface area (Å²) in [5.74, 6) is 0. The van der Waals surface area contributed by atoms with Gasteiger partial charge in [0.05, 0.1) is 0 Å². The van der Waals surface area contributed by atoms with Crippen LogP contribution in [0.3, 0.4) is 0 Å². The van der Waals surface area contributed by atoms with Gasteiger partial charge >= 0.3 is 260 Å². The predicted molar refractivity (Wildman–Crippen MR) is 185 cm³/mol. The van der Waals surface area contributed by atoms with Crippen molar-refractivity contribution < 1.29 is 0 Å². The van der Waals surface area contributed by atoms with Gasteiger partial charge in [-0.3, -0.25) is 0 Å². The number of rotatable bonds is 4. The van der Waals surface area contributed by atoms with Crippen molar-refractivity contribution in [3.05, 3.63) is 152 Å². The fourth-order valence-electron chi connectivity index (χ4n) is 7.54. The first-order chi connectivity index (χ1) is 21.7. The Morgan fingerprint density at radius 1 is 0.591 bits per heavy atom. The molecule has 2 aromatic heterocycles. The third-order valence-corrected chi connectivity index (χ3v) is 19.3. The molecule has 5 aromatic carbocycles. The van der Waals surface area contributed by atoms with E-state index in [9.17, 15) is 0 Å². The summed E-state index contributed by atoms with van der Waals surface area (Å²) in [5, 5.41) is 2.54. The second-order valence-electron chi connectivity index (χ2n) is 11.8. The number of nitrogens with zero attached hydrogens (tertiary/aromatic N) is 4. The zero-order valence-corrected chi connectivity index (χ0v) is 26.5. The molecule has 0 saturated heterocycles. The Morgan fingerprint density at radius 3 is 2.05 bits per heavy atom. The van der Waals surface area contributed by atoms with Crippen molar-refractivity contribution in [2.45, 2.75) is 0 Å². The van der Waals surface area contributed by atoms with Gasteiger partial charge in [-0.25, -0.2) is 0 Å². The van der Waals surface area contributed by atoms with E-state index in [1.807, 2.05) is 12.3 Å². The van der Waals surface area contributed by atoms with Gasteiger partial charge in [0.25, 0.3) is 0 Å². The van der Waals surface area contributed by atoms with Gasteiger partial charge in [-0.05, 0) is 0 Å². The molecular weight excluding hydrogens is 597 g/mol. The van der Waals surface area contributed by atoms with Gasteiger partial charge in [0.15, 0.2) is 0 Å². The van der Waals surface area contributed by atoms with Crippen LogP contribution in [0.5, 0.6) is 0 Å². The normalized spacial score (nSPS) is 14.8. The third kappa shape index (κ3) is 3.55. The summed E-state index contributed by atoms with van der Waals surface area (Å²) in [6.07, 6.45) is 6.25. The van der Waals surface area contributed by atoms with Crippen LogP contribution in [-0.2, 0) is 0 Å². The Labute approximate surface area is 259 Å². The molecule has 2 aliphatic rings. The van der Waals surface area contributed by atoms with Crippen molar-refractivity contribution >= 4 is 58.5 Å². The van der Waals surface area contributed by atoms with Gasteiger partial charge in [-0.2, -0.15) is 0 Å². The monoisotopic (exact) mass is 628 g/mol. The van der Waals surface area contributed by atoms with Gasteiger partial charge in [-0.1, -0.05) is 0 Å². The summed E-state index contributed by atoms with van der Waals surface area (Å²) in [5.41, 5.74) is 7.51. The summed E-state index contributed by atoms with van der Waals surface area (Å²) in [4.78, 5) is 9.62. The molecule has 5 heteroatoms. The number of benzene rings is 5. The molecule has 0 aliphatic carbocycles. The number of hydrogen-bond acceptors (Lipinski definition) is 3. The SMILES string of the molecule is CN1C=CN(c2cccc(-n3c4ccccc4c4cc[c]([Ge]5([c]6ccccn6)[c]6ccccc6-c6cccc[c]65)cc43)c2)C1. The van der Waals surface area contributed by atoms with E-state index >= 15 is 0 Å². The summed E-state index contributed by atoms with van der Waals surface area (Å²) >= 11 is -3.46. The van der Waals surface area contributed by atoms with E-state index in [1.165, 1.54) is 62.0 Å². The standard InChI is InChI=1S/C39H30GeN4/c1-42-23-24-43(27-42)29-11-10-12-30(26-29)44-37-18-7-4-15-33(37)34-21-20-28(25-38(34)44)40(39-19-8-9-22-41-39)35-16-5-2-13-31(35)32-14-3-6-17-36(32)40/h2-26H,27H2,1H3. The first kappa shape index (κ1) is 25.4. The Bertz CT molecular complexity index is 2210. The maximum absolute atomic E-state index is 5.13. The molecule has 4 nitrogen and oxygen atoms in total. The van der Waals surface area contributed by atoms with Crippen LogP contribution in [0.25, 0.3) is 38.6 Å². The summed E-state index contributed by atoms with van der Waals surface area (Å²) < 4.78 is 8.00. The molecule has 0 bridgehead atoms. The molecular formula is C39H30GeN4. The zero-order valence-electron chi connectivity index (χ0n) is 24.4. The van der Waals surface area contributed by atoms with Crippen molar-refractivity contribution in [3.63, 3.8) is 0 Å². The molecule has 44 heavy (non-hydrogen) atoms. The van der Waals surface area contributed by atoms with Crippen molar-refractivity contribution in [1.82, 2.24) is 14.5 Å². The molecule has 4 heterocycles.